The van der Waals surface area contributed by atoms with E-state index in [9.17, 15) is 9.59 Å². The molecule has 0 saturated carbocycles. The van der Waals surface area contributed by atoms with Gasteiger partial charge in [0.1, 0.15) is 5.03 Å². The second kappa shape index (κ2) is 12.5. The maximum atomic E-state index is 13.3. The van der Waals surface area contributed by atoms with E-state index >= 15 is 0 Å². The highest BCUT2D eigenvalue weighted by Gasteiger charge is 2.30. The molecule has 0 aliphatic carbocycles. The number of para-hydroxylation sites is 1. The normalized spacial score (nSPS) is 15.6. The van der Waals surface area contributed by atoms with Crippen LogP contribution in [0.15, 0.2) is 47.6 Å². The lowest BCUT2D eigenvalue weighted by atomic mass is 9.93. The minimum atomic E-state index is -0.256. The highest BCUT2D eigenvalue weighted by molar-refractivity contribution is 7.99. The number of thioether (sulfide) groups is 1. The Morgan fingerprint density at radius 1 is 1.15 bits per heavy atom. The second-order valence-corrected chi connectivity index (χ2v) is 11.5. The Balaban J connectivity index is 1.35. The van der Waals surface area contributed by atoms with Crippen molar-refractivity contribution in [1.82, 2.24) is 20.6 Å². The monoisotopic (exact) mass is 599 g/mol. The van der Waals surface area contributed by atoms with E-state index in [2.05, 4.69) is 43.8 Å². The van der Waals surface area contributed by atoms with Gasteiger partial charge in [-0.1, -0.05) is 54.4 Å². The number of hydrogen-bond donors (Lipinski definition) is 3. The summed E-state index contributed by atoms with van der Waals surface area (Å²) in [4.78, 5) is 38.2. The molecule has 0 bridgehead atoms. The Hall–Kier alpha value is -3.21. The minimum Gasteiger partial charge on any atom is -0.371 e. The van der Waals surface area contributed by atoms with Gasteiger partial charge in [-0.3, -0.25) is 9.69 Å². The number of anilines is 4. The average molecular weight is 601 g/mol. The highest BCUT2D eigenvalue weighted by Crippen LogP contribution is 2.39. The summed E-state index contributed by atoms with van der Waals surface area (Å²) in [5.41, 5.74) is 3.77. The third-order valence-corrected chi connectivity index (χ3v) is 8.88. The lowest BCUT2D eigenvalue weighted by Gasteiger charge is -2.34. The van der Waals surface area contributed by atoms with Crippen molar-refractivity contribution in [3.05, 3.63) is 63.8 Å². The van der Waals surface area contributed by atoms with Crippen LogP contribution in [0.2, 0.25) is 10.0 Å². The zero-order chi connectivity index (χ0) is 28.2. The summed E-state index contributed by atoms with van der Waals surface area (Å²) >= 11 is 14.1. The molecule has 12 heteroatoms. The molecule has 1 fully saturated rings. The molecule has 210 valence electrons. The molecule has 3 N–H and O–H groups in total. The summed E-state index contributed by atoms with van der Waals surface area (Å²) in [6.07, 6.45) is 5.06. The van der Waals surface area contributed by atoms with Crippen molar-refractivity contribution in [3.8, 4) is 0 Å². The molecule has 2 aliphatic heterocycles. The van der Waals surface area contributed by atoms with Crippen LogP contribution in [-0.4, -0.2) is 47.9 Å². The van der Waals surface area contributed by atoms with Gasteiger partial charge in [0, 0.05) is 44.3 Å². The van der Waals surface area contributed by atoms with Crippen molar-refractivity contribution >= 4 is 69.9 Å². The molecule has 1 saturated heterocycles. The largest absolute Gasteiger partial charge is 0.371 e. The quantitative estimate of drug-likeness (QED) is 0.274. The van der Waals surface area contributed by atoms with E-state index in [4.69, 9.17) is 23.2 Å². The van der Waals surface area contributed by atoms with Crippen LogP contribution in [0.1, 0.15) is 42.1 Å². The van der Waals surface area contributed by atoms with Gasteiger partial charge in [0.15, 0.2) is 0 Å². The van der Waals surface area contributed by atoms with Gasteiger partial charge < -0.3 is 20.9 Å². The summed E-state index contributed by atoms with van der Waals surface area (Å²) in [5.74, 6) is 1.22. The number of nitrogens with zero attached hydrogens (tertiary/aromatic N) is 4. The molecule has 3 aromatic rings. The number of fused-ring (bicyclic) bond motifs is 1. The Kier molecular flexibility index (Phi) is 8.87. The molecule has 5 rings (SSSR count). The molecule has 0 spiro atoms. The van der Waals surface area contributed by atoms with Crippen LogP contribution in [0.3, 0.4) is 0 Å². The third-order valence-electron chi connectivity index (χ3n) is 7.30. The van der Waals surface area contributed by atoms with E-state index in [0.29, 0.717) is 44.7 Å². The summed E-state index contributed by atoms with van der Waals surface area (Å²) in [6, 6.07) is 11.0. The Bertz CT molecular complexity index is 1400. The smallest absolute Gasteiger partial charge is 0.314 e. The van der Waals surface area contributed by atoms with Crippen LogP contribution in [-0.2, 0) is 6.54 Å². The summed E-state index contributed by atoms with van der Waals surface area (Å²) in [5, 5.41) is 10.2. The van der Waals surface area contributed by atoms with Gasteiger partial charge in [-0.2, -0.15) is 0 Å². The topological polar surface area (TPSA) is 102 Å². The first-order valence-corrected chi connectivity index (χ1v) is 15.0. The van der Waals surface area contributed by atoms with Crippen molar-refractivity contribution in [2.45, 2.75) is 37.8 Å². The Morgan fingerprint density at radius 2 is 1.90 bits per heavy atom. The van der Waals surface area contributed by atoms with Crippen molar-refractivity contribution in [3.63, 3.8) is 0 Å². The van der Waals surface area contributed by atoms with Crippen LogP contribution >= 0.6 is 35.0 Å². The van der Waals surface area contributed by atoms with Crippen molar-refractivity contribution in [2.75, 3.05) is 41.1 Å². The van der Waals surface area contributed by atoms with Crippen LogP contribution in [0.4, 0.5) is 27.8 Å². The number of nitrogens with one attached hydrogen (secondary N) is 3. The lowest BCUT2D eigenvalue weighted by molar-refractivity contribution is 0.0985. The first-order valence-electron chi connectivity index (χ1n) is 13.2. The zero-order valence-electron chi connectivity index (χ0n) is 22.3. The predicted molar refractivity (Wildman–Crippen MR) is 162 cm³/mol. The number of carbonyl (C=O) groups is 2. The highest BCUT2D eigenvalue weighted by atomic mass is 35.5. The fourth-order valence-electron chi connectivity index (χ4n) is 5.01. The predicted octanol–water partition coefficient (Wildman–Crippen LogP) is 6.29. The number of benzene rings is 2. The molecule has 1 aromatic heterocycles. The Morgan fingerprint density at radius 3 is 2.60 bits per heavy atom. The number of urea groups is 1. The van der Waals surface area contributed by atoms with Gasteiger partial charge >= 0.3 is 6.03 Å². The first kappa shape index (κ1) is 28.3. The maximum absolute atomic E-state index is 13.3. The van der Waals surface area contributed by atoms with E-state index in [0.717, 1.165) is 48.8 Å². The van der Waals surface area contributed by atoms with Gasteiger partial charge in [0.05, 0.1) is 27.2 Å². The number of aromatic nitrogens is 2. The standard InChI is InChI=1S/C28H31Cl2N7O2S/c1-3-17-9-11-36(12-10-17)23-8-7-19(13-18(23)14-33-28(39)31-2)34-27-32-15-20-25(35-27)40-16-37(26(20)38)24-21(29)5-4-6-22(24)30/h4-8,13,15,17H,3,9-12,14,16H2,1-2H3,(H2,31,33,39)(H,32,34,35). The molecule has 2 aromatic carbocycles. The van der Waals surface area contributed by atoms with Gasteiger partial charge in [-0.25, -0.2) is 14.8 Å². The van der Waals surface area contributed by atoms with E-state index in [1.807, 2.05) is 12.1 Å². The summed E-state index contributed by atoms with van der Waals surface area (Å²) in [7, 11) is 1.60. The van der Waals surface area contributed by atoms with Gasteiger partial charge in [-0.15, -0.1) is 0 Å². The van der Waals surface area contributed by atoms with Crippen molar-refractivity contribution in [1.29, 1.82) is 0 Å². The number of rotatable bonds is 7. The van der Waals surface area contributed by atoms with Gasteiger partial charge in [0.2, 0.25) is 5.95 Å². The summed E-state index contributed by atoms with van der Waals surface area (Å²) in [6.45, 7) is 4.62. The van der Waals surface area contributed by atoms with E-state index in [1.165, 1.54) is 24.4 Å². The number of carbonyl (C=O) groups excluding carboxylic acids is 2. The fraction of sp³-hybridized carbons (Fsp3) is 0.357. The molecule has 2 aliphatic rings. The van der Waals surface area contributed by atoms with Crippen molar-refractivity contribution in [2.24, 2.45) is 5.92 Å². The number of halogens is 2. The van der Waals surface area contributed by atoms with E-state index in [-0.39, 0.29) is 11.9 Å². The molecule has 9 nitrogen and oxygen atoms in total. The average Bonchev–Trinajstić information content (AvgIpc) is 2.97. The zero-order valence-corrected chi connectivity index (χ0v) is 24.7. The second-order valence-electron chi connectivity index (χ2n) is 9.73. The molecule has 0 atom stereocenters. The number of amides is 3. The molecule has 0 radical (unpaired) electrons. The van der Waals surface area contributed by atoms with E-state index in [1.54, 1.807) is 30.1 Å². The number of hydrogen-bond acceptors (Lipinski definition) is 7. The minimum absolute atomic E-state index is 0.235. The van der Waals surface area contributed by atoms with Gasteiger partial charge in [-0.05, 0) is 54.7 Å². The molecule has 40 heavy (non-hydrogen) atoms. The fourth-order valence-corrected chi connectivity index (χ4v) is 6.56. The maximum Gasteiger partial charge on any atom is 0.314 e. The van der Waals surface area contributed by atoms with Crippen LogP contribution in [0.25, 0.3) is 0 Å². The van der Waals surface area contributed by atoms with Crippen LogP contribution in [0, 0.1) is 5.92 Å². The third kappa shape index (κ3) is 6.09. The SMILES string of the molecule is CCC1CCN(c2ccc(Nc3ncc4c(n3)SCN(c3c(Cl)cccc3Cl)C4=O)cc2CNC(=O)NC)CC1. The van der Waals surface area contributed by atoms with Gasteiger partial charge in [0.25, 0.3) is 5.91 Å². The number of piperidine rings is 1. The van der Waals surface area contributed by atoms with Crippen molar-refractivity contribution < 1.29 is 9.59 Å². The Labute approximate surface area is 248 Å². The molecular formula is C28H31Cl2N7O2S. The van der Waals surface area contributed by atoms with Crippen LogP contribution < -0.4 is 25.8 Å². The first-order chi connectivity index (χ1) is 19.4. The molecule has 3 amide bonds. The lowest BCUT2D eigenvalue weighted by Crippen LogP contribution is -2.36. The molecule has 3 heterocycles. The summed E-state index contributed by atoms with van der Waals surface area (Å²) < 4.78 is 0. The molecule has 0 unspecified atom stereocenters. The van der Waals surface area contributed by atoms with E-state index < -0.39 is 0 Å². The molecular weight excluding hydrogens is 569 g/mol. The van der Waals surface area contributed by atoms with Crippen LogP contribution in [0.5, 0.6) is 0 Å².